The van der Waals surface area contributed by atoms with Crippen molar-refractivity contribution < 1.29 is 9.90 Å². The van der Waals surface area contributed by atoms with Crippen molar-refractivity contribution in [2.75, 3.05) is 0 Å². The largest absolute Gasteiger partial charge is 0.478 e. The predicted octanol–water partition coefficient (Wildman–Crippen LogP) is 1.66. The Balaban J connectivity index is 2.19. The highest BCUT2D eigenvalue weighted by Crippen LogP contribution is 2.24. The van der Waals surface area contributed by atoms with Crippen molar-refractivity contribution in [1.82, 2.24) is 19.7 Å². The number of aryl methyl sites for hydroxylation is 1. The molecule has 6 heteroatoms. The molecule has 3 rings (SSSR count). The van der Waals surface area contributed by atoms with E-state index in [0.29, 0.717) is 5.69 Å². The van der Waals surface area contributed by atoms with Crippen molar-refractivity contribution >= 4 is 17.0 Å². The first-order chi connectivity index (χ1) is 8.66. The Kier molecular flexibility index (Phi) is 2.16. The van der Waals surface area contributed by atoms with E-state index >= 15 is 0 Å². The summed E-state index contributed by atoms with van der Waals surface area (Å²) >= 11 is 0. The molecule has 0 saturated heterocycles. The van der Waals surface area contributed by atoms with E-state index in [1.807, 2.05) is 29.8 Å². The van der Waals surface area contributed by atoms with Crippen molar-refractivity contribution in [2.24, 2.45) is 7.05 Å². The second-order valence-corrected chi connectivity index (χ2v) is 4.02. The van der Waals surface area contributed by atoms with Crippen molar-refractivity contribution in [3.05, 3.63) is 36.3 Å². The molecule has 0 amide bonds. The highest BCUT2D eigenvalue weighted by Gasteiger charge is 2.14. The highest BCUT2D eigenvalue weighted by molar-refractivity contribution is 5.95. The molecule has 0 bridgehead atoms. The van der Waals surface area contributed by atoms with Crippen LogP contribution in [0.3, 0.4) is 0 Å². The SMILES string of the molecule is Cn1cnc2cc(-c3[nH]ncc3C(=O)O)ccc21. The van der Waals surface area contributed by atoms with Gasteiger partial charge in [0.2, 0.25) is 0 Å². The lowest BCUT2D eigenvalue weighted by atomic mass is 10.1. The van der Waals surface area contributed by atoms with Crippen LogP contribution in [-0.4, -0.2) is 30.8 Å². The summed E-state index contributed by atoms with van der Waals surface area (Å²) in [5.41, 5.74) is 3.23. The molecule has 0 aliphatic heterocycles. The molecule has 0 radical (unpaired) electrons. The Hall–Kier alpha value is -2.63. The first-order valence-corrected chi connectivity index (χ1v) is 5.35. The van der Waals surface area contributed by atoms with Crippen LogP contribution in [0.5, 0.6) is 0 Å². The van der Waals surface area contributed by atoms with Crippen molar-refractivity contribution in [3.63, 3.8) is 0 Å². The topological polar surface area (TPSA) is 83.8 Å². The van der Waals surface area contributed by atoms with E-state index in [0.717, 1.165) is 16.6 Å². The molecule has 2 N–H and O–H groups in total. The summed E-state index contributed by atoms with van der Waals surface area (Å²) in [4.78, 5) is 15.3. The summed E-state index contributed by atoms with van der Waals surface area (Å²) < 4.78 is 1.91. The highest BCUT2D eigenvalue weighted by atomic mass is 16.4. The Morgan fingerprint density at radius 2 is 2.28 bits per heavy atom. The number of H-pyrrole nitrogens is 1. The molecule has 0 aliphatic rings. The zero-order valence-electron chi connectivity index (χ0n) is 9.58. The summed E-state index contributed by atoms with van der Waals surface area (Å²) in [5, 5.41) is 15.5. The molecule has 3 aromatic rings. The Morgan fingerprint density at radius 1 is 1.44 bits per heavy atom. The Bertz CT molecular complexity index is 741. The van der Waals surface area contributed by atoms with Gasteiger partial charge in [0.25, 0.3) is 0 Å². The first kappa shape index (κ1) is 10.5. The molecular weight excluding hydrogens is 232 g/mol. The molecule has 90 valence electrons. The van der Waals surface area contributed by atoms with Gasteiger partial charge in [0.05, 0.1) is 29.3 Å². The van der Waals surface area contributed by atoms with Gasteiger partial charge in [0.1, 0.15) is 5.56 Å². The number of rotatable bonds is 2. The molecule has 0 unspecified atom stereocenters. The van der Waals surface area contributed by atoms with E-state index in [2.05, 4.69) is 15.2 Å². The lowest BCUT2D eigenvalue weighted by Gasteiger charge is -2.00. The number of hydrogen-bond acceptors (Lipinski definition) is 3. The quantitative estimate of drug-likeness (QED) is 0.715. The molecule has 0 fully saturated rings. The van der Waals surface area contributed by atoms with Crippen LogP contribution in [0.2, 0.25) is 0 Å². The fourth-order valence-corrected chi connectivity index (χ4v) is 1.96. The van der Waals surface area contributed by atoms with Crippen LogP contribution in [-0.2, 0) is 7.05 Å². The van der Waals surface area contributed by atoms with Gasteiger partial charge in [-0.2, -0.15) is 5.10 Å². The molecule has 0 atom stereocenters. The summed E-state index contributed by atoms with van der Waals surface area (Å²) in [6.07, 6.45) is 3.03. The van der Waals surface area contributed by atoms with Crippen LogP contribution < -0.4 is 0 Å². The van der Waals surface area contributed by atoms with Gasteiger partial charge in [-0.3, -0.25) is 5.10 Å². The van der Waals surface area contributed by atoms with Gasteiger partial charge in [0, 0.05) is 12.6 Å². The maximum atomic E-state index is 11.0. The molecule has 0 saturated carbocycles. The molecule has 2 aromatic heterocycles. The Morgan fingerprint density at radius 3 is 3.06 bits per heavy atom. The number of benzene rings is 1. The second kappa shape index (κ2) is 3.69. The fourth-order valence-electron chi connectivity index (χ4n) is 1.96. The monoisotopic (exact) mass is 242 g/mol. The van der Waals surface area contributed by atoms with Gasteiger partial charge in [-0.25, -0.2) is 9.78 Å². The van der Waals surface area contributed by atoms with E-state index in [9.17, 15) is 4.79 Å². The zero-order valence-corrected chi connectivity index (χ0v) is 9.58. The number of nitrogens with one attached hydrogen (secondary N) is 1. The maximum Gasteiger partial charge on any atom is 0.339 e. The molecular formula is C12H10N4O2. The number of carboxylic acid groups (broad SMARTS) is 1. The van der Waals surface area contributed by atoms with Crippen LogP contribution in [0.25, 0.3) is 22.3 Å². The number of aromatic amines is 1. The molecule has 6 nitrogen and oxygen atoms in total. The summed E-state index contributed by atoms with van der Waals surface area (Å²) in [7, 11) is 1.91. The second-order valence-electron chi connectivity index (χ2n) is 4.02. The van der Waals surface area contributed by atoms with Crippen molar-refractivity contribution in [3.8, 4) is 11.3 Å². The number of nitrogens with zero attached hydrogens (tertiary/aromatic N) is 3. The zero-order chi connectivity index (χ0) is 12.7. The smallest absolute Gasteiger partial charge is 0.339 e. The van der Waals surface area contributed by atoms with E-state index < -0.39 is 5.97 Å². The van der Waals surface area contributed by atoms with Gasteiger partial charge in [-0.05, 0) is 12.1 Å². The standard InChI is InChI=1S/C12H10N4O2/c1-16-6-13-9-4-7(2-3-10(9)16)11-8(12(17)18)5-14-15-11/h2-6H,1H3,(H,14,15)(H,17,18). The van der Waals surface area contributed by atoms with Gasteiger partial charge in [-0.1, -0.05) is 6.07 Å². The van der Waals surface area contributed by atoms with Gasteiger partial charge in [0.15, 0.2) is 0 Å². The van der Waals surface area contributed by atoms with E-state index in [1.54, 1.807) is 6.33 Å². The average molecular weight is 242 g/mol. The third kappa shape index (κ3) is 1.46. The normalized spacial score (nSPS) is 10.9. The minimum Gasteiger partial charge on any atom is -0.478 e. The average Bonchev–Trinajstić information content (AvgIpc) is 2.96. The number of aromatic nitrogens is 4. The van der Waals surface area contributed by atoms with Crippen LogP contribution in [0.1, 0.15) is 10.4 Å². The van der Waals surface area contributed by atoms with Crippen molar-refractivity contribution in [2.45, 2.75) is 0 Å². The van der Waals surface area contributed by atoms with Crippen LogP contribution in [0, 0.1) is 0 Å². The number of fused-ring (bicyclic) bond motifs is 1. The molecule has 2 heterocycles. The number of carboxylic acids is 1. The Labute approximate surface area is 102 Å². The van der Waals surface area contributed by atoms with Gasteiger partial charge >= 0.3 is 5.97 Å². The minimum atomic E-state index is -1.00. The van der Waals surface area contributed by atoms with Crippen LogP contribution in [0.4, 0.5) is 0 Å². The van der Waals surface area contributed by atoms with Gasteiger partial charge in [-0.15, -0.1) is 0 Å². The van der Waals surface area contributed by atoms with E-state index in [4.69, 9.17) is 5.11 Å². The fraction of sp³-hybridized carbons (Fsp3) is 0.0833. The third-order valence-electron chi connectivity index (χ3n) is 2.88. The lowest BCUT2D eigenvalue weighted by Crippen LogP contribution is -1.96. The molecule has 18 heavy (non-hydrogen) atoms. The lowest BCUT2D eigenvalue weighted by molar-refractivity contribution is 0.0698. The van der Waals surface area contributed by atoms with E-state index in [1.165, 1.54) is 6.20 Å². The number of aromatic carboxylic acids is 1. The maximum absolute atomic E-state index is 11.0. The minimum absolute atomic E-state index is 0.158. The number of imidazole rings is 1. The third-order valence-corrected chi connectivity index (χ3v) is 2.88. The van der Waals surface area contributed by atoms with Crippen molar-refractivity contribution in [1.29, 1.82) is 0 Å². The molecule has 1 aromatic carbocycles. The van der Waals surface area contributed by atoms with Crippen LogP contribution >= 0.6 is 0 Å². The number of carbonyl (C=O) groups is 1. The first-order valence-electron chi connectivity index (χ1n) is 5.35. The summed E-state index contributed by atoms with van der Waals surface area (Å²) in [6.45, 7) is 0. The van der Waals surface area contributed by atoms with Crippen LogP contribution in [0.15, 0.2) is 30.7 Å². The summed E-state index contributed by atoms with van der Waals surface area (Å²) in [5.74, 6) is -1.00. The predicted molar refractivity (Wildman–Crippen MR) is 65.3 cm³/mol. The van der Waals surface area contributed by atoms with Gasteiger partial charge < -0.3 is 9.67 Å². The molecule has 0 spiro atoms. The summed E-state index contributed by atoms with van der Waals surface area (Å²) in [6, 6.07) is 5.60. The number of hydrogen-bond donors (Lipinski definition) is 2. The molecule has 0 aliphatic carbocycles. The van der Waals surface area contributed by atoms with E-state index in [-0.39, 0.29) is 5.56 Å².